The molecule has 4 heteroatoms. The number of halogens is 1. The van der Waals surface area contributed by atoms with E-state index in [0.717, 1.165) is 54.5 Å². The van der Waals surface area contributed by atoms with Crippen molar-refractivity contribution in [1.29, 1.82) is 0 Å². The highest BCUT2D eigenvalue weighted by Gasteiger charge is 2.41. The number of fused-ring (bicyclic) bond motifs is 2. The minimum absolute atomic E-state index is 0.167. The summed E-state index contributed by atoms with van der Waals surface area (Å²) in [5.41, 5.74) is 1.94. The lowest BCUT2D eigenvalue weighted by atomic mass is 9.95. The Morgan fingerprint density at radius 3 is 3.14 bits per heavy atom. The van der Waals surface area contributed by atoms with E-state index in [1.54, 1.807) is 18.3 Å². The number of pyridine rings is 1. The SMILES string of the molecule is CC1C2CNCC2CN1Cc1cc(F)cc2cccnc12. The predicted molar refractivity (Wildman–Crippen MR) is 81.4 cm³/mol. The molecule has 2 aliphatic rings. The Hall–Kier alpha value is -1.52. The van der Waals surface area contributed by atoms with Gasteiger partial charge in [-0.3, -0.25) is 9.88 Å². The first kappa shape index (κ1) is 13.2. The molecule has 3 nitrogen and oxygen atoms in total. The Bertz CT molecular complexity index is 672. The third-order valence-electron chi connectivity index (χ3n) is 5.18. The first-order valence-electron chi connectivity index (χ1n) is 7.70. The first-order chi connectivity index (χ1) is 10.2. The summed E-state index contributed by atoms with van der Waals surface area (Å²) in [6.45, 7) is 6.42. The minimum Gasteiger partial charge on any atom is -0.316 e. The number of rotatable bonds is 2. The molecule has 3 atom stereocenters. The van der Waals surface area contributed by atoms with E-state index in [-0.39, 0.29) is 5.82 Å². The van der Waals surface area contributed by atoms with Crippen molar-refractivity contribution < 1.29 is 4.39 Å². The van der Waals surface area contributed by atoms with Gasteiger partial charge in [-0.15, -0.1) is 0 Å². The van der Waals surface area contributed by atoms with Gasteiger partial charge in [-0.2, -0.15) is 0 Å². The van der Waals surface area contributed by atoms with E-state index in [1.807, 2.05) is 12.1 Å². The summed E-state index contributed by atoms with van der Waals surface area (Å²) >= 11 is 0. The summed E-state index contributed by atoms with van der Waals surface area (Å²) in [6, 6.07) is 7.56. The number of nitrogens with one attached hydrogen (secondary N) is 1. The van der Waals surface area contributed by atoms with Crippen LogP contribution in [-0.4, -0.2) is 35.6 Å². The van der Waals surface area contributed by atoms with Gasteiger partial charge < -0.3 is 5.32 Å². The molecular weight excluding hydrogens is 265 g/mol. The van der Waals surface area contributed by atoms with Crippen molar-refractivity contribution in [2.45, 2.75) is 19.5 Å². The van der Waals surface area contributed by atoms with Crippen LogP contribution in [0.15, 0.2) is 30.5 Å². The van der Waals surface area contributed by atoms with Crippen LogP contribution in [0, 0.1) is 17.7 Å². The number of likely N-dealkylation sites (tertiary alicyclic amines) is 1. The number of hydrogen-bond donors (Lipinski definition) is 1. The van der Waals surface area contributed by atoms with Gasteiger partial charge >= 0.3 is 0 Å². The van der Waals surface area contributed by atoms with E-state index in [2.05, 4.69) is 22.1 Å². The van der Waals surface area contributed by atoms with Crippen molar-refractivity contribution in [2.24, 2.45) is 11.8 Å². The number of aromatic nitrogens is 1. The lowest BCUT2D eigenvalue weighted by molar-refractivity contribution is 0.232. The Kier molecular flexibility index (Phi) is 3.16. The molecule has 1 N–H and O–H groups in total. The van der Waals surface area contributed by atoms with Gasteiger partial charge in [0, 0.05) is 30.7 Å². The fourth-order valence-electron chi connectivity index (χ4n) is 4.03. The van der Waals surface area contributed by atoms with E-state index in [0.29, 0.717) is 6.04 Å². The van der Waals surface area contributed by atoms with Crippen LogP contribution >= 0.6 is 0 Å². The van der Waals surface area contributed by atoms with Gasteiger partial charge in [-0.05, 0) is 55.6 Å². The van der Waals surface area contributed by atoms with Gasteiger partial charge in [-0.25, -0.2) is 4.39 Å². The molecule has 1 aromatic heterocycles. The molecule has 0 aliphatic carbocycles. The van der Waals surface area contributed by atoms with Crippen molar-refractivity contribution in [2.75, 3.05) is 19.6 Å². The largest absolute Gasteiger partial charge is 0.316 e. The maximum absolute atomic E-state index is 13.8. The van der Waals surface area contributed by atoms with Gasteiger partial charge in [0.1, 0.15) is 5.82 Å². The highest BCUT2D eigenvalue weighted by Crippen LogP contribution is 2.34. The van der Waals surface area contributed by atoms with Crippen LogP contribution in [0.1, 0.15) is 12.5 Å². The molecule has 2 aliphatic heterocycles. The van der Waals surface area contributed by atoms with Gasteiger partial charge in [0.15, 0.2) is 0 Å². The smallest absolute Gasteiger partial charge is 0.124 e. The van der Waals surface area contributed by atoms with Gasteiger partial charge in [0.05, 0.1) is 5.52 Å². The molecule has 3 unspecified atom stereocenters. The zero-order chi connectivity index (χ0) is 14.4. The van der Waals surface area contributed by atoms with E-state index in [9.17, 15) is 4.39 Å². The molecule has 21 heavy (non-hydrogen) atoms. The van der Waals surface area contributed by atoms with Crippen molar-refractivity contribution in [3.63, 3.8) is 0 Å². The highest BCUT2D eigenvalue weighted by molar-refractivity contribution is 5.81. The topological polar surface area (TPSA) is 28.2 Å². The molecular formula is C17H20FN3. The molecule has 2 aromatic rings. The summed E-state index contributed by atoms with van der Waals surface area (Å²) in [5.74, 6) is 1.31. The Morgan fingerprint density at radius 2 is 2.29 bits per heavy atom. The zero-order valence-corrected chi connectivity index (χ0v) is 12.2. The van der Waals surface area contributed by atoms with Crippen LogP contribution in [0.4, 0.5) is 4.39 Å². The Balaban J connectivity index is 1.66. The van der Waals surface area contributed by atoms with Crippen LogP contribution in [0.25, 0.3) is 10.9 Å². The molecule has 0 spiro atoms. The third-order valence-corrected chi connectivity index (χ3v) is 5.18. The zero-order valence-electron chi connectivity index (χ0n) is 12.2. The van der Waals surface area contributed by atoms with E-state index < -0.39 is 0 Å². The fraction of sp³-hybridized carbons (Fsp3) is 0.471. The molecule has 2 fully saturated rings. The summed E-state index contributed by atoms with van der Waals surface area (Å²) in [5, 5.41) is 4.37. The Morgan fingerprint density at radius 1 is 1.38 bits per heavy atom. The second-order valence-electron chi connectivity index (χ2n) is 6.39. The van der Waals surface area contributed by atoms with Crippen molar-refractivity contribution in [3.8, 4) is 0 Å². The molecule has 2 saturated heterocycles. The summed E-state index contributed by atoms with van der Waals surface area (Å²) in [6.07, 6.45) is 1.79. The van der Waals surface area contributed by atoms with Crippen molar-refractivity contribution in [3.05, 3.63) is 41.8 Å². The summed E-state index contributed by atoms with van der Waals surface area (Å²) < 4.78 is 13.8. The minimum atomic E-state index is -0.167. The summed E-state index contributed by atoms with van der Waals surface area (Å²) in [7, 11) is 0. The average Bonchev–Trinajstić information content (AvgIpc) is 3.03. The molecule has 0 bridgehead atoms. The molecule has 0 saturated carbocycles. The molecule has 1 aromatic carbocycles. The van der Waals surface area contributed by atoms with Crippen LogP contribution in [-0.2, 0) is 6.54 Å². The lowest BCUT2D eigenvalue weighted by Gasteiger charge is -2.24. The second-order valence-corrected chi connectivity index (χ2v) is 6.39. The van der Waals surface area contributed by atoms with Crippen molar-refractivity contribution >= 4 is 10.9 Å². The third kappa shape index (κ3) is 2.23. The molecule has 0 amide bonds. The Labute approximate surface area is 124 Å². The van der Waals surface area contributed by atoms with Gasteiger partial charge in [0.25, 0.3) is 0 Å². The van der Waals surface area contributed by atoms with Crippen LogP contribution in [0.2, 0.25) is 0 Å². The van der Waals surface area contributed by atoms with Gasteiger partial charge in [0.2, 0.25) is 0 Å². The van der Waals surface area contributed by atoms with Crippen molar-refractivity contribution in [1.82, 2.24) is 15.2 Å². The molecule has 4 rings (SSSR count). The van der Waals surface area contributed by atoms with Gasteiger partial charge in [-0.1, -0.05) is 6.07 Å². The molecule has 110 valence electrons. The fourth-order valence-corrected chi connectivity index (χ4v) is 4.03. The first-order valence-corrected chi connectivity index (χ1v) is 7.70. The highest BCUT2D eigenvalue weighted by atomic mass is 19.1. The maximum Gasteiger partial charge on any atom is 0.124 e. The quantitative estimate of drug-likeness (QED) is 0.918. The van der Waals surface area contributed by atoms with E-state index >= 15 is 0 Å². The standard InChI is InChI=1S/C17H20FN3/c1-11-16-8-19-7-14(16)10-21(11)9-13-6-15(18)5-12-3-2-4-20-17(12)13/h2-6,11,14,16,19H,7-10H2,1H3. The number of nitrogens with zero attached hydrogens (tertiary/aromatic N) is 2. The predicted octanol–water partition coefficient (Wildman–Crippen LogP) is 2.41. The average molecular weight is 285 g/mol. The van der Waals surface area contributed by atoms with E-state index in [1.165, 1.54) is 0 Å². The number of hydrogen-bond acceptors (Lipinski definition) is 3. The molecule has 0 radical (unpaired) electrons. The maximum atomic E-state index is 13.8. The molecule has 3 heterocycles. The van der Waals surface area contributed by atoms with Crippen LogP contribution < -0.4 is 5.32 Å². The lowest BCUT2D eigenvalue weighted by Crippen LogP contribution is -2.32. The number of benzene rings is 1. The monoisotopic (exact) mass is 285 g/mol. The van der Waals surface area contributed by atoms with E-state index in [4.69, 9.17) is 0 Å². The van der Waals surface area contributed by atoms with Crippen LogP contribution in [0.3, 0.4) is 0 Å². The normalized spacial score (nSPS) is 29.1. The second kappa shape index (κ2) is 5.04. The summed E-state index contributed by atoms with van der Waals surface area (Å²) in [4.78, 5) is 6.94. The van der Waals surface area contributed by atoms with Crippen LogP contribution in [0.5, 0.6) is 0 Å².